The molecule has 1 nitrogen and oxygen atoms in total. The first-order chi connectivity index (χ1) is 27.8. The summed E-state index contributed by atoms with van der Waals surface area (Å²) in [4.78, 5) is 0. The lowest BCUT2D eigenvalue weighted by Gasteiger charge is -2.20. The van der Waals surface area contributed by atoms with Gasteiger partial charge in [-0.25, -0.2) is 0 Å². The summed E-state index contributed by atoms with van der Waals surface area (Å²) in [5, 5.41) is 12.3. The van der Waals surface area contributed by atoms with E-state index in [-0.39, 0.29) is 0 Å². The number of para-hydroxylation sites is 2. The second kappa shape index (κ2) is 12.3. The van der Waals surface area contributed by atoms with Gasteiger partial charge in [0, 0.05) is 36.5 Å². The first-order valence-electron chi connectivity index (χ1n) is 19.2. The highest BCUT2D eigenvalue weighted by molar-refractivity contribution is 7.26. The number of thiophene rings is 1. The predicted octanol–water partition coefficient (Wildman–Crippen LogP) is 16.1. The number of rotatable bonds is 4. The van der Waals surface area contributed by atoms with Crippen LogP contribution in [0, 0.1) is 0 Å². The second-order valence-electron chi connectivity index (χ2n) is 14.7. The Kier molecular flexibility index (Phi) is 6.87. The molecule has 2 aromatic heterocycles. The third-order valence-corrected chi connectivity index (χ3v) is 12.8. The van der Waals surface area contributed by atoms with E-state index in [1.54, 1.807) is 0 Å². The molecular formula is C54H32OS. The van der Waals surface area contributed by atoms with Crippen LogP contribution in [0.3, 0.4) is 0 Å². The SMILES string of the molecule is c1ccc(-c2c3ccccc3c(-c3cc(-c4cccc5c4oc4ccccc45)cc4sc5ccccc5c34)c3cc(-c4cccc5ccccc45)ccc23)cc1. The molecule has 2 heterocycles. The van der Waals surface area contributed by atoms with Gasteiger partial charge in [0.25, 0.3) is 0 Å². The van der Waals surface area contributed by atoms with Crippen molar-refractivity contribution < 1.29 is 4.42 Å². The minimum absolute atomic E-state index is 0.910. The summed E-state index contributed by atoms with van der Waals surface area (Å²) in [7, 11) is 0. The summed E-state index contributed by atoms with van der Waals surface area (Å²) in [6.07, 6.45) is 0. The molecule has 0 radical (unpaired) electrons. The first-order valence-corrected chi connectivity index (χ1v) is 20.0. The summed E-state index contributed by atoms with van der Waals surface area (Å²) in [6.45, 7) is 0. The highest BCUT2D eigenvalue weighted by atomic mass is 32.1. The van der Waals surface area contributed by atoms with Gasteiger partial charge in [-0.1, -0.05) is 164 Å². The Bertz CT molecular complexity index is 3530. The highest BCUT2D eigenvalue weighted by Gasteiger charge is 2.23. The molecule has 0 aliphatic rings. The van der Waals surface area contributed by atoms with E-state index in [4.69, 9.17) is 4.42 Å². The average Bonchev–Trinajstić information content (AvgIpc) is 3.84. The Labute approximate surface area is 327 Å². The molecule has 0 fully saturated rings. The molecule has 56 heavy (non-hydrogen) atoms. The van der Waals surface area contributed by atoms with Crippen molar-refractivity contribution in [3.05, 3.63) is 194 Å². The molecule has 0 atom stereocenters. The Morgan fingerprint density at radius 3 is 1.84 bits per heavy atom. The summed E-state index contributed by atoms with van der Waals surface area (Å²) >= 11 is 1.87. The molecule has 10 aromatic carbocycles. The van der Waals surface area contributed by atoms with Gasteiger partial charge in [-0.3, -0.25) is 0 Å². The minimum atomic E-state index is 0.910. The van der Waals surface area contributed by atoms with Gasteiger partial charge < -0.3 is 4.42 Å². The van der Waals surface area contributed by atoms with Crippen LogP contribution in [-0.4, -0.2) is 0 Å². The summed E-state index contributed by atoms with van der Waals surface area (Å²) in [5.74, 6) is 0. The van der Waals surface area contributed by atoms with Crippen molar-refractivity contribution in [1.82, 2.24) is 0 Å². The van der Waals surface area contributed by atoms with E-state index in [1.807, 2.05) is 17.4 Å². The summed E-state index contributed by atoms with van der Waals surface area (Å²) in [5.41, 5.74) is 11.5. The molecule has 260 valence electrons. The maximum absolute atomic E-state index is 6.66. The minimum Gasteiger partial charge on any atom is -0.455 e. The van der Waals surface area contributed by atoms with Crippen LogP contribution in [0.25, 0.3) is 119 Å². The van der Waals surface area contributed by atoms with Crippen LogP contribution in [0.1, 0.15) is 0 Å². The maximum atomic E-state index is 6.66. The van der Waals surface area contributed by atoms with Crippen LogP contribution in [0.15, 0.2) is 199 Å². The zero-order chi connectivity index (χ0) is 36.7. The molecule has 0 amide bonds. The third kappa shape index (κ3) is 4.67. The summed E-state index contributed by atoms with van der Waals surface area (Å²) in [6, 6.07) is 71.1. The van der Waals surface area contributed by atoms with E-state index in [0.717, 1.165) is 33.1 Å². The van der Waals surface area contributed by atoms with Gasteiger partial charge >= 0.3 is 0 Å². The molecular weight excluding hydrogens is 697 g/mol. The van der Waals surface area contributed by atoms with Crippen LogP contribution < -0.4 is 0 Å². The topological polar surface area (TPSA) is 13.1 Å². The van der Waals surface area contributed by atoms with Crippen molar-refractivity contribution >= 4 is 85.8 Å². The van der Waals surface area contributed by atoms with E-state index in [2.05, 4.69) is 188 Å². The number of hydrogen-bond donors (Lipinski definition) is 0. The van der Waals surface area contributed by atoms with E-state index >= 15 is 0 Å². The van der Waals surface area contributed by atoms with E-state index < -0.39 is 0 Å². The Balaban J connectivity index is 1.26. The molecule has 0 aliphatic heterocycles. The van der Waals surface area contributed by atoms with Gasteiger partial charge in [0.15, 0.2) is 0 Å². The van der Waals surface area contributed by atoms with Gasteiger partial charge in [0.2, 0.25) is 0 Å². The Morgan fingerprint density at radius 2 is 0.964 bits per heavy atom. The standard InChI is InChI=1S/C54H32OS/c1-2-15-34(16-3-1)51-41-20-6-7-21-42(41)52(46-30-35(28-29-43(46)51)38-23-12-17-33-14-4-5-18-37(33)38)47-31-36(32-50-53(47)45-22-9-11-27-49(45)56-50)39-24-13-25-44-40-19-8-10-26-48(40)55-54(39)44/h1-32H. The lowest BCUT2D eigenvalue weighted by Crippen LogP contribution is -1.93. The van der Waals surface area contributed by atoms with Crippen molar-refractivity contribution in [1.29, 1.82) is 0 Å². The number of fused-ring (bicyclic) bond motifs is 9. The molecule has 0 aliphatic carbocycles. The van der Waals surface area contributed by atoms with Crippen molar-refractivity contribution in [3.8, 4) is 44.5 Å². The van der Waals surface area contributed by atoms with Gasteiger partial charge in [-0.15, -0.1) is 11.3 Å². The Morgan fingerprint density at radius 1 is 0.321 bits per heavy atom. The molecule has 0 spiro atoms. The third-order valence-electron chi connectivity index (χ3n) is 11.7. The van der Waals surface area contributed by atoms with Gasteiger partial charge in [-0.2, -0.15) is 0 Å². The van der Waals surface area contributed by atoms with E-state index in [0.29, 0.717) is 0 Å². The molecule has 0 unspecified atom stereocenters. The van der Waals surface area contributed by atoms with Gasteiger partial charge in [0.05, 0.1) is 0 Å². The normalized spacial score (nSPS) is 11.9. The fourth-order valence-corrected chi connectivity index (χ4v) is 10.4. The number of furan rings is 1. The molecule has 2 heteroatoms. The van der Waals surface area contributed by atoms with Crippen molar-refractivity contribution in [2.75, 3.05) is 0 Å². The molecule has 0 saturated heterocycles. The fraction of sp³-hybridized carbons (Fsp3) is 0. The molecule has 0 N–H and O–H groups in total. The van der Waals surface area contributed by atoms with Crippen molar-refractivity contribution in [3.63, 3.8) is 0 Å². The fourth-order valence-electron chi connectivity index (χ4n) is 9.21. The highest BCUT2D eigenvalue weighted by Crippen LogP contribution is 2.50. The number of benzene rings is 10. The quantitative estimate of drug-likeness (QED) is 0.165. The molecule has 12 aromatic rings. The van der Waals surface area contributed by atoms with E-state index in [1.165, 1.54) is 85.9 Å². The molecule has 0 bridgehead atoms. The zero-order valence-corrected chi connectivity index (χ0v) is 31.1. The van der Waals surface area contributed by atoms with Crippen LogP contribution in [0.2, 0.25) is 0 Å². The van der Waals surface area contributed by atoms with Gasteiger partial charge in [-0.05, 0) is 102 Å². The monoisotopic (exact) mass is 728 g/mol. The Hall–Kier alpha value is -7.00. The zero-order valence-electron chi connectivity index (χ0n) is 30.3. The maximum Gasteiger partial charge on any atom is 0.143 e. The van der Waals surface area contributed by atoms with Crippen LogP contribution in [0.4, 0.5) is 0 Å². The van der Waals surface area contributed by atoms with Gasteiger partial charge in [0.1, 0.15) is 11.2 Å². The van der Waals surface area contributed by atoms with Crippen LogP contribution in [-0.2, 0) is 0 Å². The first kappa shape index (κ1) is 31.4. The van der Waals surface area contributed by atoms with Crippen LogP contribution >= 0.6 is 11.3 Å². The molecule has 0 saturated carbocycles. The summed E-state index contributed by atoms with van der Waals surface area (Å²) < 4.78 is 9.21. The smallest absolute Gasteiger partial charge is 0.143 e. The average molecular weight is 729 g/mol. The molecule has 12 rings (SSSR count). The lowest BCUT2D eigenvalue weighted by atomic mass is 9.83. The van der Waals surface area contributed by atoms with Crippen LogP contribution in [0.5, 0.6) is 0 Å². The second-order valence-corrected chi connectivity index (χ2v) is 15.8. The van der Waals surface area contributed by atoms with Crippen molar-refractivity contribution in [2.45, 2.75) is 0 Å². The number of hydrogen-bond acceptors (Lipinski definition) is 2. The van der Waals surface area contributed by atoms with E-state index in [9.17, 15) is 0 Å². The van der Waals surface area contributed by atoms with Crippen molar-refractivity contribution in [2.24, 2.45) is 0 Å². The predicted molar refractivity (Wildman–Crippen MR) is 241 cm³/mol. The largest absolute Gasteiger partial charge is 0.455 e. The lowest BCUT2D eigenvalue weighted by molar-refractivity contribution is 0.670.